The van der Waals surface area contributed by atoms with E-state index in [2.05, 4.69) is 73.4 Å². The van der Waals surface area contributed by atoms with Gasteiger partial charge in [-0.1, -0.05) is 101 Å². The lowest BCUT2D eigenvalue weighted by Crippen LogP contribution is -2.67. The fraction of sp³-hybridized carbons (Fsp3) is 0.459. The number of fused-ring (bicyclic) bond motifs is 2. The molecule has 6 rings (SSSR count). The van der Waals surface area contributed by atoms with Crippen LogP contribution in [0, 0.1) is 11.3 Å². The number of anilines is 1. The highest BCUT2D eigenvalue weighted by Crippen LogP contribution is 2.50. The molecule has 0 bridgehead atoms. The van der Waals surface area contributed by atoms with Crippen LogP contribution in [-0.4, -0.2) is 66.3 Å². The van der Waals surface area contributed by atoms with Crippen molar-refractivity contribution in [3.05, 3.63) is 84.8 Å². The maximum Gasteiger partial charge on any atom is 0.412 e. The van der Waals surface area contributed by atoms with E-state index in [-0.39, 0.29) is 17.5 Å². The van der Waals surface area contributed by atoms with Gasteiger partial charge < -0.3 is 23.4 Å². The molecule has 11 nitrogen and oxygen atoms in total. The first-order valence-corrected chi connectivity index (χ1v) is 18.8. The molecule has 2 aromatic heterocycles. The van der Waals surface area contributed by atoms with Crippen molar-refractivity contribution >= 4 is 36.1 Å². The maximum absolute atomic E-state index is 12.6. The molecule has 0 aliphatic carbocycles. The molecule has 2 aromatic carbocycles. The standard InChI is InChI=1S/C37H45N5O6Si/c1-7-8-15-22-44-34(43)41-33-28-20-21-30(42(28)40-25-39-33)37(24-38)32-31(47-36(5,6)48-32)29(46-37)23-45-49(35(2,3)4,26-16-11-9-12-17-26)27-18-13-10-14-19-27/h9-14,16-21,25,29,31-32H,7-8,15,22-23H2,1-6H3,(H,39,40,41,43)/t29?,31-,32-,37+/m1/s1. The Balaban J connectivity index is 1.35. The smallest absolute Gasteiger partial charge is 0.412 e. The quantitative estimate of drug-likeness (QED) is 0.157. The normalized spacial score (nSPS) is 23.2. The number of nitriles is 1. The third-order valence-corrected chi connectivity index (χ3v) is 14.3. The van der Waals surface area contributed by atoms with Crippen molar-refractivity contribution < 1.29 is 28.2 Å². The first-order chi connectivity index (χ1) is 23.5. The number of unbranched alkanes of at least 4 members (excludes halogenated alkanes) is 2. The van der Waals surface area contributed by atoms with Crippen LogP contribution < -0.4 is 15.7 Å². The van der Waals surface area contributed by atoms with Gasteiger partial charge in [0.1, 0.15) is 36.2 Å². The molecule has 49 heavy (non-hydrogen) atoms. The van der Waals surface area contributed by atoms with E-state index in [9.17, 15) is 10.1 Å². The summed E-state index contributed by atoms with van der Waals surface area (Å²) in [6.45, 7) is 12.9. The Morgan fingerprint density at radius 1 is 1.00 bits per heavy atom. The summed E-state index contributed by atoms with van der Waals surface area (Å²) in [5.41, 5.74) is -0.713. The van der Waals surface area contributed by atoms with Crippen molar-refractivity contribution in [2.45, 2.75) is 95.5 Å². The van der Waals surface area contributed by atoms with Gasteiger partial charge in [-0.25, -0.2) is 14.3 Å². The number of nitrogens with one attached hydrogen (secondary N) is 1. The summed E-state index contributed by atoms with van der Waals surface area (Å²) in [6, 6.07) is 26.7. The van der Waals surface area contributed by atoms with Crippen LogP contribution in [0.3, 0.4) is 0 Å². The largest absolute Gasteiger partial charge is 0.449 e. The Morgan fingerprint density at radius 2 is 1.67 bits per heavy atom. The van der Waals surface area contributed by atoms with E-state index in [0.717, 1.165) is 29.6 Å². The highest BCUT2D eigenvalue weighted by atomic mass is 28.4. The third-order valence-electron chi connectivity index (χ3n) is 9.31. The van der Waals surface area contributed by atoms with Gasteiger partial charge in [-0.2, -0.15) is 10.4 Å². The zero-order valence-electron chi connectivity index (χ0n) is 29.0. The first-order valence-electron chi connectivity index (χ1n) is 16.9. The Hall–Kier alpha value is -4.12. The van der Waals surface area contributed by atoms with Crippen molar-refractivity contribution in [1.29, 1.82) is 5.26 Å². The lowest BCUT2D eigenvalue weighted by Gasteiger charge is -2.43. The number of benzene rings is 2. The number of carbonyl (C=O) groups excluding carboxylic acids is 1. The van der Waals surface area contributed by atoms with Crippen LogP contribution in [0.25, 0.3) is 5.52 Å². The number of nitrogens with zero attached hydrogens (tertiary/aromatic N) is 4. The predicted molar refractivity (Wildman–Crippen MR) is 187 cm³/mol. The molecule has 4 atom stereocenters. The molecule has 0 spiro atoms. The number of hydrogen-bond acceptors (Lipinski definition) is 9. The van der Waals surface area contributed by atoms with Gasteiger partial charge in [0.25, 0.3) is 8.32 Å². The van der Waals surface area contributed by atoms with Gasteiger partial charge in [0.05, 0.1) is 18.9 Å². The Kier molecular flexibility index (Phi) is 9.67. The van der Waals surface area contributed by atoms with Crippen LogP contribution in [0.15, 0.2) is 79.1 Å². The van der Waals surface area contributed by atoms with Crippen LogP contribution in [-0.2, 0) is 29.0 Å². The average Bonchev–Trinajstić information content (AvgIpc) is 3.74. The number of amides is 1. The minimum atomic E-state index is -2.94. The van der Waals surface area contributed by atoms with Gasteiger partial charge >= 0.3 is 6.09 Å². The third kappa shape index (κ3) is 6.37. The van der Waals surface area contributed by atoms with E-state index in [0.29, 0.717) is 17.8 Å². The second kappa shape index (κ2) is 13.6. The fourth-order valence-electron chi connectivity index (χ4n) is 7.16. The van der Waals surface area contributed by atoms with Crippen molar-refractivity contribution in [2.24, 2.45) is 0 Å². The topological polar surface area (TPSA) is 129 Å². The monoisotopic (exact) mass is 683 g/mol. The van der Waals surface area contributed by atoms with E-state index in [4.69, 9.17) is 23.4 Å². The maximum atomic E-state index is 12.6. The average molecular weight is 684 g/mol. The Bertz CT molecular complexity index is 1770. The summed E-state index contributed by atoms with van der Waals surface area (Å²) >= 11 is 0. The molecule has 4 aromatic rings. The van der Waals surface area contributed by atoms with Crippen molar-refractivity contribution in [2.75, 3.05) is 18.5 Å². The van der Waals surface area contributed by atoms with E-state index < -0.39 is 44.1 Å². The molecule has 0 saturated carbocycles. The summed E-state index contributed by atoms with van der Waals surface area (Å²) in [4.78, 5) is 16.8. The molecule has 0 radical (unpaired) electrons. The zero-order chi connectivity index (χ0) is 34.9. The van der Waals surface area contributed by atoms with Crippen LogP contribution in [0.5, 0.6) is 0 Å². The second-order valence-corrected chi connectivity index (χ2v) is 18.4. The summed E-state index contributed by atoms with van der Waals surface area (Å²) in [7, 11) is -2.94. The van der Waals surface area contributed by atoms with Crippen LogP contribution in [0.4, 0.5) is 10.6 Å². The molecule has 1 unspecified atom stereocenters. The number of ether oxygens (including phenoxy) is 4. The number of rotatable bonds is 11. The first kappa shape index (κ1) is 34.7. The minimum absolute atomic E-state index is 0.159. The number of aromatic nitrogens is 3. The lowest BCUT2D eigenvalue weighted by atomic mass is 9.92. The summed E-state index contributed by atoms with van der Waals surface area (Å²) in [5.74, 6) is -0.729. The molecule has 2 aliphatic heterocycles. The van der Waals surface area contributed by atoms with Gasteiger partial charge in [0.15, 0.2) is 11.6 Å². The van der Waals surface area contributed by atoms with Gasteiger partial charge in [-0.05, 0) is 47.8 Å². The molecule has 1 amide bonds. The molecule has 2 saturated heterocycles. The fourth-order valence-corrected chi connectivity index (χ4v) is 11.7. The highest BCUT2D eigenvalue weighted by Gasteiger charge is 2.66. The predicted octanol–water partition coefficient (Wildman–Crippen LogP) is 5.68. The summed E-state index contributed by atoms with van der Waals surface area (Å²) in [5, 5.41) is 20.2. The molecular formula is C37H45N5O6Si. The number of carbonyl (C=O) groups is 1. The second-order valence-electron chi connectivity index (χ2n) is 14.1. The highest BCUT2D eigenvalue weighted by molar-refractivity contribution is 6.99. The molecule has 12 heteroatoms. The van der Waals surface area contributed by atoms with Gasteiger partial charge in [0.2, 0.25) is 5.60 Å². The summed E-state index contributed by atoms with van der Waals surface area (Å²) in [6.07, 6.45) is 1.41. The number of hydrogen-bond donors (Lipinski definition) is 1. The molecular weight excluding hydrogens is 639 g/mol. The molecule has 4 heterocycles. The molecule has 1 N–H and O–H groups in total. The van der Waals surface area contributed by atoms with Gasteiger partial charge in [-0.15, -0.1) is 0 Å². The Labute approximate surface area is 288 Å². The van der Waals surface area contributed by atoms with Crippen molar-refractivity contribution in [1.82, 2.24) is 14.6 Å². The van der Waals surface area contributed by atoms with Gasteiger partial charge in [0, 0.05) is 0 Å². The van der Waals surface area contributed by atoms with Crippen LogP contribution >= 0.6 is 0 Å². The lowest BCUT2D eigenvalue weighted by molar-refractivity contribution is -0.204. The van der Waals surface area contributed by atoms with Crippen LogP contribution in [0.2, 0.25) is 5.04 Å². The SMILES string of the molecule is CCCCCOC(=O)Nc1ncnn2c([C@]3(C#N)OC(CO[Si](c4ccccc4)(c4ccccc4)C(C)(C)C)[C@H]4OC(C)(C)O[C@H]43)ccc12. The molecule has 258 valence electrons. The van der Waals surface area contributed by atoms with E-state index in [1.165, 1.54) is 6.33 Å². The van der Waals surface area contributed by atoms with Crippen LogP contribution in [0.1, 0.15) is 66.5 Å². The summed E-state index contributed by atoms with van der Waals surface area (Å²) < 4.78 is 33.8. The Morgan fingerprint density at radius 3 is 2.29 bits per heavy atom. The van der Waals surface area contributed by atoms with Crippen molar-refractivity contribution in [3.8, 4) is 6.07 Å². The van der Waals surface area contributed by atoms with Gasteiger partial charge in [-0.3, -0.25) is 5.32 Å². The van der Waals surface area contributed by atoms with E-state index in [1.807, 2.05) is 50.2 Å². The van der Waals surface area contributed by atoms with Crippen molar-refractivity contribution in [3.63, 3.8) is 0 Å². The van der Waals surface area contributed by atoms with E-state index in [1.54, 1.807) is 16.6 Å². The molecule has 2 fully saturated rings. The zero-order valence-corrected chi connectivity index (χ0v) is 30.0. The van der Waals surface area contributed by atoms with E-state index >= 15 is 0 Å². The minimum Gasteiger partial charge on any atom is -0.449 e. The molecule has 2 aliphatic rings.